The van der Waals surface area contributed by atoms with E-state index in [0.29, 0.717) is 18.7 Å². The summed E-state index contributed by atoms with van der Waals surface area (Å²) >= 11 is 0. The molecule has 18 heavy (non-hydrogen) atoms. The van der Waals surface area contributed by atoms with Crippen LogP contribution in [0, 0.1) is 18.7 Å². The monoisotopic (exact) mass is 248 g/mol. The SMILES string of the molecule is Cc1cccc(F)c1N1CC(CN=[N+]=[N-])CC1=O. The number of nitrogens with zero attached hydrogens (tertiary/aromatic N) is 4. The number of carbonyl (C=O) groups excluding carboxylic acids is 1. The van der Waals surface area contributed by atoms with Crippen LogP contribution >= 0.6 is 0 Å². The lowest BCUT2D eigenvalue weighted by atomic mass is 10.1. The van der Waals surface area contributed by atoms with Crippen molar-refractivity contribution in [1.29, 1.82) is 0 Å². The van der Waals surface area contributed by atoms with E-state index >= 15 is 0 Å². The summed E-state index contributed by atoms with van der Waals surface area (Å²) in [5, 5.41) is 3.47. The molecule has 0 saturated carbocycles. The number of anilines is 1. The Balaban J connectivity index is 2.24. The molecule has 0 spiro atoms. The van der Waals surface area contributed by atoms with Gasteiger partial charge in [0.25, 0.3) is 0 Å². The first-order valence-corrected chi connectivity index (χ1v) is 5.70. The van der Waals surface area contributed by atoms with E-state index in [1.807, 2.05) is 0 Å². The van der Waals surface area contributed by atoms with Gasteiger partial charge in [0, 0.05) is 24.4 Å². The van der Waals surface area contributed by atoms with Crippen LogP contribution in [0.2, 0.25) is 0 Å². The highest BCUT2D eigenvalue weighted by molar-refractivity contribution is 5.96. The first-order valence-electron chi connectivity index (χ1n) is 5.70. The van der Waals surface area contributed by atoms with Crippen LogP contribution in [-0.4, -0.2) is 19.0 Å². The maximum atomic E-state index is 13.8. The molecule has 6 heteroatoms. The molecule has 0 radical (unpaired) electrons. The average Bonchev–Trinajstić information content (AvgIpc) is 2.68. The Bertz CT molecular complexity index is 505. The Morgan fingerprint density at radius 1 is 1.61 bits per heavy atom. The summed E-state index contributed by atoms with van der Waals surface area (Å²) in [6.07, 6.45) is 0.298. The van der Waals surface area contributed by atoms with Crippen LogP contribution in [0.5, 0.6) is 0 Å². The van der Waals surface area contributed by atoms with Crippen molar-refractivity contribution >= 4 is 11.6 Å². The van der Waals surface area contributed by atoms with Crippen molar-refractivity contribution < 1.29 is 9.18 Å². The number of hydrogen-bond acceptors (Lipinski definition) is 2. The minimum Gasteiger partial charge on any atom is -0.309 e. The Kier molecular flexibility index (Phi) is 3.48. The van der Waals surface area contributed by atoms with Gasteiger partial charge in [0.2, 0.25) is 5.91 Å². The lowest BCUT2D eigenvalue weighted by molar-refractivity contribution is -0.117. The molecule has 1 amide bonds. The van der Waals surface area contributed by atoms with Crippen LogP contribution in [0.15, 0.2) is 23.3 Å². The summed E-state index contributed by atoms with van der Waals surface area (Å²) < 4.78 is 13.8. The fraction of sp³-hybridized carbons (Fsp3) is 0.417. The molecule has 1 saturated heterocycles. The highest BCUT2D eigenvalue weighted by Crippen LogP contribution is 2.30. The molecule has 1 heterocycles. The van der Waals surface area contributed by atoms with E-state index in [4.69, 9.17) is 5.53 Å². The summed E-state index contributed by atoms with van der Waals surface area (Å²) in [4.78, 5) is 16.0. The second kappa shape index (κ2) is 5.06. The number of azide groups is 1. The number of benzene rings is 1. The smallest absolute Gasteiger partial charge is 0.227 e. The van der Waals surface area contributed by atoms with Crippen molar-refractivity contribution in [3.8, 4) is 0 Å². The summed E-state index contributed by atoms with van der Waals surface area (Å²) in [6.45, 7) is 2.44. The number of para-hydroxylation sites is 1. The number of carbonyl (C=O) groups is 1. The van der Waals surface area contributed by atoms with Crippen molar-refractivity contribution in [2.75, 3.05) is 18.0 Å². The van der Waals surface area contributed by atoms with E-state index < -0.39 is 5.82 Å². The zero-order chi connectivity index (χ0) is 13.1. The predicted molar refractivity (Wildman–Crippen MR) is 65.6 cm³/mol. The molecule has 1 atom stereocenters. The topological polar surface area (TPSA) is 69.1 Å². The molecule has 1 aromatic rings. The second-order valence-electron chi connectivity index (χ2n) is 4.39. The number of rotatable bonds is 3. The Morgan fingerprint density at radius 3 is 3.06 bits per heavy atom. The number of hydrogen-bond donors (Lipinski definition) is 0. The van der Waals surface area contributed by atoms with Gasteiger partial charge in [-0.1, -0.05) is 17.2 Å². The molecule has 1 fully saturated rings. The normalized spacial score (nSPS) is 18.9. The Morgan fingerprint density at radius 2 is 2.39 bits per heavy atom. The molecule has 5 nitrogen and oxygen atoms in total. The van der Waals surface area contributed by atoms with E-state index in [-0.39, 0.29) is 18.4 Å². The van der Waals surface area contributed by atoms with Crippen LogP contribution in [-0.2, 0) is 4.79 Å². The first kappa shape index (κ1) is 12.4. The quantitative estimate of drug-likeness (QED) is 0.460. The zero-order valence-electron chi connectivity index (χ0n) is 10.0. The van der Waals surface area contributed by atoms with Crippen molar-refractivity contribution in [2.24, 2.45) is 11.0 Å². The van der Waals surface area contributed by atoms with E-state index in [1.54, 1.807) is 19.1 Å². The fourth-order valence-electron chi connectivity index (χ4n) is 2.24. The summed E-state index contributed by atoms with van der Waals surface area (Å²) in [6, 6.07) is 4.73. The van der Waals surface area contributed by atoms with E-state index in [2.05, 4.69) is 10.0 Å². The van der Waals surface area contributed by atoms with E-state index in [9.17, 15) is 9.18 Å². The lowest BCUT2D eigenvalue weighted by Gasteiger charge is -2.19. The van der Waals surface area contributed by atoms with Gasteiger partial charge >= 0.3 is 0 Å². The van der Waals surface area contributed by atoms with Gasteiger partial charge < -0.3 is 4.90 Å². The Labute approximate surface area is 104 Å². The van der Waals surface area contributed by atoms with Gasteiger partial charge in [-0.2, -0.15) is 0 Å². The van der Waals surface area contributed by atoms with Crippen LogP contribution in [0.1, 0.15) is 12.0 Å². The highest BCUT2D eigenvalue weighted by Gasteiger charge is 2.32. The maximum Gasteiger partial charge on any atom is 0.227 e. The lowest BCUT2D eigenvalue weighted by Crippen LogP contribution is -2.26. The largest absolute Gasteiger partial charge is 0.309 e. The number of aryl methyl sites for hydroxylation is 1. The fourth-order valence-corrected chi connectivity index (χ4v) is 2.24. The molecule has 0 bridgehead atoms. The van der Waals surface area contributed by atoms with Gasteiger partial charge in [-0.25, -0.2) is 4.39 Å². The third-order valence-electron chi connectivity index (χ3n) is 3.07. The van der Waals surface area contributed by atoms with Crippen LogP contribution in [0.4, 0.5) is 10.1 Å². The van der Waals surface area contributed by atoms with Crippen molar-refractivity contribution in [1.82, 2.24) is 0 Å². The molecule has 1 unspecified atom stereocenters. The highest BCUT2D eigenvalue weighted by atomic mass is 19.1. The third kappa shape index (κ3) is 2.28. The average molecular weight is 248 g/mol. The molecule has 1 aromatic carbocycles. The maximum absolute atomic E-state index is 13.8. The Hall–Kier alpha value is -2.07. The second-order valence-corrected chi connectivity index (χ2v) is 4.39. The van der Waals surface area contributed by atoms with Gasteiger partial charge in [-0.05, 0) is 30.0 Å². The summed E-state index contributed by atoms with van der Waals surface area (Å²) in [7, 11) is 0. The van der Waals surface area contributed by atoms with E-state index in [1.165, 1.54) is 11.0 Å². The molecule has 1 aliphatic heterocycles. The van der Waals surface area contributed by atoms with Gasteiger partial charge in [0.1, 0.15) is 5.82 Å². The molecule has 0 aliphatic carbocycles. The van der Waals surface area contributed by atoms with Gasteiger partial charge in [0.15, 0.2) is 0 Å². The number of amides is 1. The van der Waals surface area contributed by atoms with Crippen molar-refractivity contribution in [3.05, 3.63) is 40.0 Å². The predicted octanol–water partition coefficient (Wildman–Crippen LogP) is 2.80. The standard InChI is InChI=1S/C12H13FN4O/c1-8-3-2-4-10(13)12(8)17-7-9(5-11(17)18)6-15-16-14/h2-4,9H,5-7H2,1H3. The summed E-state index contributed by atoms with van der Waals surface area (Å²) in [5.41, 5.74) is 9.33. The van der Waals surface area contributed by atoms with Crippen LogP contribution in [0.25, 0.3) is 10.4 Å². The molecule has 94 valence electrons. The third-order valence-corrected chi connectivity index (χ3v) is 3.07. The molecular weight excluding hydrogens is 235 g/mol. The summed E-state index contributed by atoms with van der Waals surface area (Å²) in [5.74, 6) is -0.554. The molecule has 2 rings (SSSR count). The molecule has 0 N–H and O–H groups in total. The van der Waals surface area contributed by atoms with Crippen molar-refractivity contribution in [2.45, 2.75) is 13.3 Å². The van der Waals surface area contributed by atoms with Gasteiger partial charge in [0.05, 0.1) is 5.69 Å². The van der Waals surface area contributed by atoms with Gasteiger partial charge in [-0.15, -0.1) is 0 Å². The minimum absolute atomic E-state index is 0.0348. The van der Waals surface area contributed by atoms with Crippen LogP contribution < -0.4 is 4.90 Å². The van der Waals surface area contributed by atoms with Crippen LogP contribution in [0.3, 0.4) is 0 Å². The zero-order valence-corrected chi connectivity index (χ0v) is 10.0. The van der Waals surface area contributed by atoms with Gasteiger partial charge in [-0.3, -0.25) is 4.79 Å². The molecule has 1 aliphatic rings. The van der Waals surface area contributed by atoms with Crippen molar-refractivity contribution in [3.63, 3.8) is 0 Å². The van der Waals surface area contributed by atoms with E-state index in [0.717, 1.165) is 5.56 Å². The molecule has 0 aromatic heterocycles. The first-order chi connectivity index (χ1) is 8.63. The molecular formula is C12H13FN4O. The number of halogens is 1. The minimum atomic E-state index is -0.396.